The van der Waals surface area contributed by atoms with E-state index < -0.39 is 0 Å². The molecule has 1 fully saturated rings. The molecule has 2 heterocycles. The topological polar surface area (TPSA) is 21.1 Å². The summed E-state index contributed by atoms with van der Waals surface area (Å²) in [6.45, 7) is 7.20. The van der Waals surface area contributed by atoms with Crippen molar-refractivity contribution in [3.05, 3.63) is 101 Å². The van der Waals surface area contributed by atoms with Gasteiger partial charge in [-0.1, -0.05) is 54.9 Å². The average Bonchev–Trinajstić information content (AvgIpc) is 3.30. The maximum Gasteiger partial charge on any atom is 0.123 e. The molecule has 34 heavy (non-hydrogen) atoms. The van der Waals surface area contributed by atoms with E-state index >= 15 is 0 Å². The van der Waals surface area contributed by atoms with Gasteiger partial charge >= 0.3 is 0 Å². The molecule has 178 valence electrons. The third kappa shape index (κ3) is 6.25. The highest BCUT2D eigenvalue weighted by Crippen LogP contribution is 2.31. The van der Waals surface area contributed by atoms with Crippen molar-refractivity contribution in [3.8, 4) is 5.69 Å². The highest BCUT2D eigenvalue weighted by molar-refractivity contribution is 6.29. The lowest BCUT2D eigenvalue weighted by atomic mass is 9.92. The summed E-state index contributed by atoms with van der Waals surface area (Å²) in [7, 11) is 0. The number of piperidine rings is 1. The van der Waals surface area contributed by atoms with Crippen LogP contribution >= 0.6 is 11.6 Å². The Labute approximate surface area is 207 Å². The van der Waals surface area contributed by atoms with Gasteiger partial charge in [0, 0.05) is 17.5 Å². The van der Waals surface area contributed by atoms with Crippen LogP contribution in [0.5, 0.6) is 0 Å². The minimum Gasteiger partial charge on any atom is -0.303 e. The fourth-order valence-corrected chi connectivity index (χ4v) is 4.65. The van der Waals surface area contributed by atoms with E-state index in [0.29, 0.717) is 5.92 Å². The van der Waals surface area contributed by atoms with Crippen molar-refractivity contribution in [1.29, 1.82) is 0 Å². The number of benzene rings is 2. The number of para-hydroxylation sites is 1. The molecule has 0 saturated carbocycles. The molecule has 1 aliphatic rings. The van der Waals surface area contributed by atoms with Gasteiger partial charge in [0.15, 0.2) is 0 Å². The molecule has 1 saturated heterocycles. The zero-order valence-electron chi connectivity index (χ0n) is 20.1. The zero-order valence-corrected chi connectivity index (χ0v) is 20.8. The molecular formula is C29H33ClFN3. The molecular weight excluding hydrogens is 445 g/mol. The normalized spacial score (nSPS) is 16.2. The molecule has 0 spiro atoms. The summed E-state index contributed by atoms with van der Waals surface area (Å²) in [6.07, 6.45) is 8.13. The number of aromatic nitrogens is 2. The third-order valence-corrected chi connectivity index (χ3v) is 6.71. The highest BCUT2D eigenvalue weighted by atomic mass is 35.5. The van der Waals surface area contributed by atoms with Gasteiger partial charge < -0.3 is 4.90 Å². The molecule has 0 aliphatic carbocycles. The molecule has 4 rings (SSSR count). The zero-order chi connectivity index (χ0) is 23.9. The summed E-state index contributed by atoms with van der Waals surface area (Å²) in [5.41, 5.74) is 5.79. The lowest BCUT2D eigenvalue weighted by Crippen LogP contribution is -2.34. The fraction of sp³-hybridized carbons (Fsp3) is 0.345. The van der Waals surface area contributed by atoms with E-state index in [1.54, 1.807) is 12.1 Å². The second-order valence-corrected chi connectivity index (χ2v) is 9.59. The summed E-state index contributed by atoms with van der Waals surface area (Å²) < 4.78 is 15.2. The van der Waals surface area contributed by atoms with Crippen LogP contribution in [-0.4, -0.2) is 34.3 Å². The molecule has 3 aromatic rings. The number of allylic oxidation sites excluding steroid dienone is 4. The van der Waals surface area contributed by atoms with E-state index in [0.717, 1.165) is 61.7 Å². The number of likely N-dealkylation sites (tertiary alicyclic amines) is 1. The third-order valence-electron chi connectivity index (χ3n) is 6.59. The van der Waals surface area contributed by atoms with Crippen LogP contribution < -0.4 is 0 Å². The molecule has 3 nitrogen and oxygen atoms in total. The molecule has 0 bridgehead atoms. The van der Waals surface area contributed by atoms with Gasteiger partial charge in [-0.2, -0.15) is 5.10 Å². The van der Waals surface area contributed by atoms with Crippen LogP contribution in [0.2, 0.25) is 0 Å². The number of rotatable bonds is 8. The Hall–Kier alpha value is -2.69. The van der Waals surface area contributed by atoms with Gasteiger partial charge in [-0.25, -0.2) is 9.07 Å². The van der Waals surface area contributed by atoms with Gasteiger partial charge in [0.1, 0.15) is 5.82 Å². The Morgan fingerprint density at radius 2 is 1.76 bits per heavy atom. The number of halogens is 2. The molecule has 0 N–H and O–H groups in total. The summed E-state index contributed by atoms with van der Waals surface area (Å²) in [6, 6.07) is 19.5. The Bertz CT molecular complexity index is 1120. The predicted molar refractivity (Wildman–Crippen MR) is 140 cm³/mol. The van der Waals surface area contributed by atoms with Gasteiger partial charge in [0.05, 0.1) is 17.1 Å². The molecule has 2 aromatic carbocycles. The standard InChI is InChI=1S/C29H33ClFN3/c1-3-24(12-9-22(2)30)29-21-28(32-34(29)27-7-5-4-6-8-27)25-16-19-33(20-17-25)18-15-23-10-13-26(31)14-11-23/h4-14,21,25H,3,15-20H2,1-2H3. The Kier molecular flexibility index (Phi) is 8.36. The smallest absolute Gasteiger partial charge is 0.123 e. The van der Waals surface area contributed by atoms with Gasteiger partial charge in [-0.05, 0) is 93.2 Å². The van der Waals surface area contributed by atoms with Crippen LogP contribution in [0.4, 0.5) is 4.39 Å². The van der Waals surface area contributed by atoms with Crippen LogP contribution in [0.3, 0.4) is 0 Å². The molecule has 5 heteroatoms. The number of hydrogen-bond acceptors (Lipinski definition) is 2. The van der Waals surface area contributed by atoms with Crippen molar-refractivity contribution in [1.82, 2.24) is 14.7 Å². The SMILES string of the molecule is CCC(=CC=C(C)Cl)c1cc(C2CCN(CCc3ccc(F)cc3)CC2)nn1-c1ccccc1. The second-order valence-electron chi connectivity index (χ2n) is 8.99. The highest BCUT2D eigenvalue weighted by Gasteiger charge is 2.24. The summed E-state index contributed by atoms with van der Waals surface area (Å²) in [5.74, 6) is 0.281. The molecule has 1 aromatic heterocycles. The predicted octanol–water partition coefficient (Wildman–Crippen LogP) is 7.37. The molecule has 0 radical (unpaired) electrons. The van der Waals surface area contributed by atoms with Crippen LogP contribution in [0, 0.1) is 5.82 Å². The minimum atomic E-state index is -0.172. The Morgan fingerprint density at radius 1 is 1.06 bits per heavy atom. The largest absolute Gasteiger partial charge is 0.303 e. The first-order chi connectivity index (χ1) is 16.5. The van der Waals surface area contributed by atoms with E-state index in [9.17, 15) is 4.39 Å². The van der Waals surface area contributed by atoms with Crippen LogP contribution in [0.15, 0.2) is 77.8 Å². The van der Waals surface area contributed by atoms with Crippen molar-refractivity contribution >= 4 is 17.2 Å². The van der Waals surface area contributed by atoms with Gasteiger partial charge in [0.2, 0.25) is 0 Å². The monoisotopic (exact) mass is 477 g/mol. The van der Waals surface area contributed by atoms with Crippen LogP contribution in [0.25, 0.3) is 11.3 Å². The minimum absolute atomic E-state index is 0.172. The number of nitrogens with zero attached hydrogens (tertiary/aromatic N) is 3. The quantitative estimate of drug-likeness (QED) is 0.316. The van der Waals surface area contributed by atoms with Crippen molar-refractivity contribution in [2.45, 2.75) is 45.4 Å². The van der Waals surface area contributed by atoms with Crippen molar-refractivity contribution in [2.24, 2.45) is 0 Å². The Balaban J connectivity index is 1.49. The van der Waals surface area contributed by atoms with Crippen molar-refractivity contribution < 1.29 is 4.39 Å². The van der Waals surface area contributed by atoms with E-state index in [4.69, 9.17) is 16.7 Å². The van der Waals surface area contributed by atoms with Gasteiger partial charge in [-0.15, -0.1) is 0 Å². The Morgan fingerprint density at radius 3 is 2.41 bits per heavy atom. The van der Waals surface area contributed by atoms with Gasteiger partial charge in [0.25, 0.3) is 0 Å². The van der Waals surface area contributed by atoms with Crippen LogP contribution in [-0.2, 0) is 6.42 Å². The van der Waals surface area contributed by atoms with Crippen molar-refractivity contribution in [2.75, 3.05) is 19.6 Å². The van der Waals surface area contributed by atoms with E-state index in [1.807, 2.05) is 31.2 Å². The van der Waals surface area contributed by atoms with Crippen LogP contribution in [0.1, 0.15) is 56.0 Å². The molecule has 0 amide bonds. The summed E-state index contributed by atoms with van der Waals surface area (Å²) in [4.78, 5) is 2.51. The summed E-state index contributed by atoms with van der Waals surface area (Å²) in [5, 5.41) is 5.86. The second kappa shape index (κ2) is 11.6. The lowest BCUT2D eigenvalue weighted by molar-refractivity contribution is 0.213. The molecule has 0 atom stereocenters. The fourth-order valence-electron chi connectivity index (χ4n) is 4.58. The van der Waals surface area contributed by atoms with E-state index in [2.05, 4.69) is 52.9 Å². The maximum absolute atomic E-state index is 13.1. The van der Waals surface area contributed by atoms with Crippen molar-refractivity contribution in [3.63, 3.8) is 0 Å². The molecule has 1 aliphatic heterocycles. The lowest BCUT2D eigenvalue weighted by Gasteiger charge is -2.31. The summed E-state index contributed by atoms with van der Waals surface area (Å²) >= 11 is 6.11. The van der Waals surface area contributed by atoms with E-state index in [1.165, 1.54) is 16.8 Å². The first kappa shape index (κ1) is 24.4. The van der Waals surface area contributed by atoms with E-state index in [-0.39, 0.29) is 5.82 Å². The first-order valence-corrected chi connectivity index (χ1v) is 12.6. The number of hydrogen-bond donors (Lipinski definition) is 0. The average molecular weight is 478 g/mol. The molecule has 0 unspecified atom stereocenters. The first-order valence-electron chi connectivity index (χ1n) is 12.2. The maximum atomic E-state index is 13.1. The van der Waals surface area contributed by atoms with Gasteiger partial charge in [-0.3, -0.25) is 0 Å².